The summed E-state index contributed by atoms with van der Waals surface area (Å²) in [7, 11) is 0. The first-order chi connectivity index (χ1) is 11.9. The van der Waals surface area contributed by atoms with Gasteiger partial charge in [0.05, 0.1) is 5.60 Å². The molecule has 0 aliphatic carbocycles. The van der Waals surface area contributed by atoms with Crippen molar-refractivity contribution in [2.24, 2.45) is 27.1 Å². The standard InChI is InChI=1S/C27H52O/c1-18(22(5,6)7)19(2)25(13,14)27(17,28)26(15,16)21(4)20(3)24(11,12)23(8,9)10/h28H,1-17H3. The first-order valence-electron chi connectivity index (χ1n) is 11.0. The van der Waals surface area contributed by atoms with Gasteiger partial charge in [-0.2, -0.15) is 0 Å². The lowest BCUT2D eigenvalue weighted by molar-refractivity contribution is -0.107. The van der Waals surface area contributed by atoms with Crippen LogP contribution in [0.2, 0.25) is 0 Å². The van der Waals surface area contributed by atoms with E-state index in [2.05, 4.69) is 111 Å². The number of hydrogen-bond acceptors (Lipinski definition) is 1. The molecule has 0 rings (SSSR count). The van der Waals surface area contributed by atoms with Gasteiger partial charge >= 0.3 is 0 Å². The maximum atomic E-state index is 12.1. The second-order valence-corrected chi connectivity index (χ2v) is 12.9. The molecule has 0 bridgehead atoms. The van der Waals surface area contributed by atoms with Crippen LogP contribution in [0.3, 0.4) is 0 Å². The van der Waals surface area contributed by atoms with Crippen LogP contribution in [0.4, 0.5) is 0 Å². The number of aliphatic hydroxyl groups is 1. The van der Waals surface area contributed by atoms with Gasteiger partial charge in [-0.25, -0.2) is 0 Å². The maximum absolute atomic E-state index is 12.1. The SMILES string of the molecule is CC(=C(C)C(C)(C)C(C)(O)C(C)(C)C(C)=C(C)C(C)(C)C(C)(C)C)C(C)(C)C. The van der Waals surface area contributed by atoms with Crippen molar-refractivity contribution in [1.82, 2.24) is 0 Å². The minimum atomic E-state index is -0.907. The highest BCUT2D eigenvalue weighted by Crippen LogP contribution is 2.55. The first-order valence-corrected chi connectivity index (χ1v) is 11.0. The monoisotopic (exact) mass is 392 g/mol. The molecule has 0 spiro atoms. The van der Waals surface area contributed by atoms with Crippen LogP contribution in [-0.2, 0) is 0 Å². The first kappa shape index (κ1) is 27.4. The summed E-state index contributed by atoms with van der Waals surface area (Å²) in [6, 6.07) is 0. The fraction of sp³-hybridized carbons (Fsp3) is 0.852. The Labute approximate surface area is 178 Å². The van der Waals surface area contributed by atoms with E-state index >= 15 is 0 Å². The third-order valence-electron chi connectivity index (χ3n) is 9.37. The van der Waals surface area contributed by atoms with Gasteiger partial charge in [-0.15, -0.1) is 0 Å². The number of allylic oxidation sites excluding steroid dienone is 2. The Hall–Kier alpha value is -0.560. The molecule has 0 aliphatic heterocycles. The van der Waals surface area contributed by atoms with Gasteiger partial charge in [-0.1, -0.05) is 105 Å². The molecule has 0 radical (unpaired) electrons. The van der Waals surface area contributed by atoms with Crippen LogP contribution in [0.25, 0.3) is 0 Å². The third-order valence-corrected chi connectivity index (χ3v) is 9.37. The molecule has 1 nitrogen and oxygen atoms in total. The molecule has 0 fully saturated rings. The van der Waals surface area contributed by atoms with Crippen LogP contribution < -0.4 is 0 Å². The lowest BCUT2D eigenvalue weighted by Gasteiger charge is -2.54. The molecule has 166 valence electrons. The van der Waals surface area contributed by atoms with Crippen LogP contribution in [0.1, 0.15) is 118 Å². The minimum absolute atomic E-state index is 0.0424. The highest BCUT2D eigenvalue weighted by molar-refractivity contribution is 5.33. The summed E-state index contributed by atoms with van der Waals surface area (Å²) in [5.41, 5.74) is 3.98. The predicted octanol–water partition coefficient (Wildman–Crippen LogP) is 8.58. The van der Waals surface area contributed by atoms with Crippen molar-refractivity contribution in [3.05, 3.63) is 22.3 Å². The van der Waals surface area contributed by atoms with Gasteiger partial charge in [-0.3, -0.25) is 0 Å². The van der Waals surface area contributed by atoms with E-state index in [4.69, 9.17) is 0 Å². The van der Waals surface area contributed by atoms with Crippen LogP contribution >= 0.6 is 0 Å². The predicted molar refractivity (Wildman–Crippen MR) is 128 cm³/mol. The molecular weight excluding hydrogens is 340 g/mol. The van der Waals surface area contributed by atoms with Crippen molar-refractivity contribution in [1.29, 1.82) is 0 Å². The molecule has 0 aromatic rings. The van der Waals surface area contributed by atoms with Crippen molar-refractivity contribution >= 4 is 0 Å². The van der Waals surface area contributed by atoms with E-state index in [0.29, 0.717) is 0 Å². The average molecular weight is 393 g/mol. The Bertz CT molecular complexity index is 635. The van der Waals surface area contributed by atoms with E-state index in [1.807, 2.05) is 6.92 Å². The minimum Gasteiger partial charge on any atom is -0.388 e. The average Bonchev–Trinajstić information content (AvgIpc) is 2.49. The lowest BCUT2D eigenvalue weighted by atomic mass is 9.54. The molecule has 1 unspecified atom stereocenters. The van der Waals surface area contributed by atoms with Crippen molar-refractivity contribution in [2.75, 3.05) is 0 Å². The van der Waals surface area contributed by atoms with Gasteiger partial charge in [0.25, 0.3) is 0 Å². The topological polar surface area (TPSA) is 20.2 Å². The zero-order chi connectivity index (χ0) is 23.3. The summed E-state index contributed by atoms with van der Waals surface area (Å²) >= 11 is 0. The highest BCUT2D eigenvalue weighted by Gasteiger charge is 2.53. The number of hydrogen-bond donors (Lipinski definition) is 1. The van der Waals surface area contributed by atoms with Crippen molar-refractivity contribution in [3.8, 4) is 0 Å². The molecule has 1 N–H and O–H groups in total. The maximum Gasteiger partial charge on any atom is 0.0794 e. The summed E-state index contributed by atoms with van der Waals surface area (Å²) in [6.45, 7) is 38.1. The third kappa shape index (κ3) is 4.45. The molecule has 0 aromatic heterocycles. The molecule has 0 amide bonds. The van der Waals surface area contributed by atoms with E-state index in [-0.39, 0.29) is 27.1 Å². The van der Waals surface area contributed by atoms with Crippen LogP contribution in [0, 0.1) is 27.1 Å². The summed E-state index contributed by atoms with van der Waals surface area (Å²) in [4.78, 5) is 0. The van der Waals surface area contributed by atoms with E-state index < -0.39 is 5.60 Å². The Balaban J connectivity index is 6.67. The van der Waals surface area contributed by atoms with Gasteiger partial charge in [-0.05, 0) is 50.9 Å². The van der Waals surface area contributed by atoms with Gasteiger partial charge in [0.1, 0.15) is 0 Å². The van der Waals surface area contributed by atoms with Crippen LogP contribution in [0.15, 0.2) is 22.3 Å². The zero-order valence-corrected chi connectivity index (χ0v) is 22.4. The molecule has 0 aliphatic rings. The Morgan fingerprint density at radius 1 is 0.429 bits per heavy atom. The van der Waals surface area contributed by atoms with Gasteiger partial charge in [0.15, 0.2) is 0 Å². The zero-order valence-electron chi connectivity index (χ0n) is 22.4. The molecule has 0 saturated carbocycles. The van der Waals surface area contributed by atoms with E-state index in [1.165, 1.54) is 22.3 Å². The summed E-state index contributed by atoms with van der Waals surface area (Å²) < 4.78 is 0. The van der Waals surface area contributed by atoms with E-state index in [1.54, 1.807) is 0 Å². The Morgan fingerprint density at radius 3 is 0.929 bits per heavy atom. The molecule has 0 aromatic carbocycles. The molecule has 0 heterocycles. The smallest absolute Gasteiger partial charge is 0.0794 e. The quantitative estimate of drug-likeness (QED) is 0.464. The Morgan fingerprint density at radius 2 is 0.679 bits per heavy atom. The highest BCUT2D eigenvalue weighted by atomic mass is 16.3. The van der Waals surface area contributed by atoms with Crippen molar-refractivity contribution in [3.63, 3.8) is 0 Å². The van der Waals surface area contributed by atoms with Crippen LogP contribution in [0.5, 0.6) is 0 Å². The van der Waals surface area contributed by atoms with Crippen molar-refractivity contribution < 1.29 is 5.11 Å². The van der Waals surface area contributed by atoms with Crippen molar-refractivity contribution in [2.45, 2.75) is 123 Å². The molecule has 28 heavy (non-hydrogen) atoms. The second kappa shape index (κ2) is 7.60. The van der Waals surface area contributed by atoms with E-state index in [0.717, 1.165) is 0 Å². The fourth-order valence-electron chi connectivity index (χ4n) is 4.04. The van der Waals surface area contributed by atoms with Gasteiger partial charge in [0, 0.05) is 10.8 Å². The Kier molecular flexibility index (Phi) is 7.45. The van der Waals surface area contributed by atoms with E-state index in [9.17, 15) is 5.11 Å². The van der Waals surface area contributed by atoms with Gasteiger partial charge < -0.3 is 5.11 Å². The summed E-state index contributed by atoms with van der Waals surface area (Å²) in [5, 5.41) is 12.1. The molecule has 1 atom stereocenters. The molecular formula is C27H52O. The molecule has 1 heteroatoms. The largest absolute Gasteiger partial charge is 0.388 e. The second-order valence-electron chi connectivity index (χ2n) is 12.9. The lowest BCUT2D eigenvalue weighted by Crippen LogP contribution is -2.55. The van der Waals surface area contributed by atoms with Crippen LogP contribution in [-0.4, -0.2) is 10.7 Å². The van der Waals surface area contributed by atoms with Gasteiger partial charge in [0.2, 0.25) is 0 Å². The number of rotatable bonds is 5. The normalized spacial score (nSPS) is 19.1. The fourth-order valence-corrected chi connectivity index (χ4v) is 4.04. The molecule has 0 saturated heterocycles. The summed E-state index contributed by atoms with van der Waals surface area (Å²) in [6.07, 6.45) is 0. The summed E-state index contributed by atoms with van der Waals surface area (Å²) in [5.74, 6) is 0.